The second kappa shape index (κ2) is 5.60. The maximum Gasteiger partial charge on any atom is 0.407 e. The monoisotopic (exact) mass is 265 g/mol. The normalized spacial score (nSPS) is 13.8. The van der Waals surface area contributed by atoms with E-state index in [0.717, 1.165) is 5.56 Å². The van der Waals surface area contributed by atoms with Crippen LogP contribution in [0.1, 0.15) is 12.5 Å². The highest BCUT2D eigenvalue weighted by Gasteiger charge is 2.20. The molecule has 0 saturated carbocycles. The number of carbonyl (C=O) groups is 2. The molecule has 1 aliphatic heterocycles. The molecule has 1 heterocycles. The van der Waals surface area contributed by atoms with Crippen molar-refractivity contribution in [1.29, 1.82) is 0 Å². The zero-order valence-corrected chi connectivity index (χ0v) is 10.8. The van der Waals surface area contributed by atoms with Crippen LogP contribution in [0.25, 0.3) is 0 Å². The van der Waals surface area contributed by atoms with E-state index in [-0.39, 0.29) is 12.6 Å². The first kappa shape index (κ1) is 13.2. The van der Waals surface area contributed by atoms with Crippen LogP contribution in [0, 0.1) is 0 Å². The van der Waals surface area contributed by atoms with E-state index in [1.807, 2.05) is 6.07 Å². The molecule has 1 aliphatic rings. The lowest BCUT2D eigenvalue weighted by molar-refractivity contribution is -0.118. The molecular weight excluding hydrogens is 250 g/mol. The molecule has 1 amide bonds. The quantitative estimate of drug-likeness (QED) is 0.887. The van der Waals surface area contributed by atoms with E-state index in [0.29, 0.717) is 17.9 Å². The van der Waals surface area contributed by atoms with Crippen molar-refractivity contribution in [3.05, 3.63) is 23.8 Å². The smallest absolute Gasteiger partial charge is 0.407 e. The fourth-order valence-corrected chi connectivity index (χ4v) is 1.80. The zero-order valence-electron chi connectivity index (χ0n) is 10.8. The predicted molar refractivity (Wildman–Crippen MR) is 66.3 cm³/mol. The van der Waals surface area contributed by atoms with Crippen molar-refractivity contribution >= 4 is 11.9 Å². The lowest BCUT2D eigenvalue weighted by Crippen LogP contribution is -2.41. The molecule has 6 heteroatoms. The summed E-state index contributed by atoms with van der Waals surface area (Å²) in [7, 11) is 1.26. The largest absolute Gasteiger partial charge is 0.454 e. The third kappa shape index (κ3) is 3.15. The third-order valence-corrected chi connectivity index (χ3v) is 2.85. The molecule has 102 valence electrons. The van der Waals surface area contributed by atoms with Crippen LogP contribution < -0.4 is 14.8 Å². The summed E-state index contributed by atoms with van der Waals surface area (Å²) in [6, 6.07) is 4.81. The lowest BCUT2D eigenvalue weighted by atomic mass is 10.0. The number of hydrogen-bond acceptors (Lipinski definition) is 5. The molecule has 0 bridgehead atoms. The van der Waals surface area contributed by atoms with Crippen molar-refractivity contribution in [2.24, 2.45) is 0 Å². The van der Waals surface area contributed by atoms with Crippen LogP contribution in [0.15, 0.2) is 18.2 Å². The fraction of sp³-hybridized carbons (Fsp3) is 0.385. The highest BCUT2D eigenvalue weighted by molar-refractivity contribution is 5.85. The molecule has 0 spiro atoms. The van der Waals surface area contributed by atoms with E-state index in [1.54, 1.807) is 12.1 Å². The second-order valence-corrected chi connectivity index (χ2v) is 4.19. The fourth-order valence-electron chi connectivity index (χ4n) is 1.80. The molecule has 1 aromatic rings. The van der Waals surface area contributed by atoms with Crippen molar-refractivity contribution in [2.45, 2.75) is 19.4 Å². The first-order chi connectivity index (χ1) is 9.10. The Morgan fingerprint density at radius 3 is 2.79 bits per heavy atom. The van der Waals surface area contributed by atoms with Crippen LogP contribution in [0.3, 0.4) is 0 Å². The third-order valence-electron chi connectivity index (χ3n) is 2.85. The number of amides is 1. The van der Waals surface area contributed by atoms with Gasteiger partial charge >= 0.3 is 6.09 Å². The van der Waals surface area contributed by atoms with Gasteiger partial charge in [-0.15, -0.1) is 0 Å². The zero-order chi connectivity index (χ0) is 13.8. The van der Waals surface area contributed by atoms with Crippen LogP contribution in [0.2, 0.25) is 0 Å². The van der Waals surface area contributed by atoms with E-state index in [4.69, 9.17) is 9.47 Å². The Hall–Kier alpha value is -2.24. The molecular formula is C13H15NO5. The Kier molecular flexibility index (Phi) is 3.89. The number of alkyl carbamates (subject to hydrolysis) is 1. The van der Waals surface area contributed by atoms with Crippen LogP contribution in [0.4, 0.5) is 4.79 Å². The first-order valence-electron chi connectivity index (χ1n) is 5.83. The Balaban J connectivity index is 2.08. The summed E-state index contributed by atoms with van der Waals surface area (Å²) in [6.45, 7) is 1.63. The SMILES string of the molecule is COC(=O)N[C@H](Cc1ccc2c(c1)OCO2)C(C)=O. The molecule has 0 aliphatic carbocycles. The molecule has 1 atom stereocenters. The summed E-state index contributed by atoms with van der Waals surface area (Å²) < 4.78 is 15.0. The van der Waals surface area contributed by atoms with Gasteiger partial charge in [0.2, 0.25) is 6.79 Å². The maximum atomic E-state index is 11.5. The van der Waals surface area contributed by atoms with Gasteiger partial charge in [-0.2, -0.15) is 0 Å². The Morgan fingerprint density at radius 2 is 2.11 bits per heavy atom. The molecule has 1 aromatic carbocycles. The van der Waals surface area contributed by atoms with E-state index >= 15 is 0 Å². The summed E-state index contributed by atoms with van der Waals surface area (Å²) in [5.41, 5.74) is 0.876. The standard InChI is InChI=1S/C13H15NO5/c1-8(15)10(14-13(16)17-2)5-9-3-4-11-12(6-9)19-7-18-11/h3-4,6,10H,5,7H2,1-2H3,(H,14,16)/t10-/m1/s1. The summed E-state index contributed by atoms with van der Waals surface area (Å²) in [4.78, 5) is 22.7. The Labute approximate surface area is 110 Å². The van der Waals surface area contributed by atoms with Crippen LogP contribution in [0.5, 0.6) is 11.5 Å². The van der Waals surface area contributed by atoms with Gasteiger partial charge in [-0.05, 0) is 31.0 Å². The molecule has 6 nitrogen and oxygen atoms in total. The molecule has 0 saturated heterocycles. The summed E-state index contributed by atoms with van der Waals surface area (Å²) in [6.07, 6.45) is -0.248. The number of ketones is 1. The summed E-state index contributed by atoms with van der Waals surface area (Å²) in [5.74, 6) is 1.20. The number of methoxy groups -OCH3 is 1. The molecule has 2 rings (SSSR count). The van der Waals surface area contributed by atoms with Crippen molar-refractivity contribution in [3.8, 4) is 11.5 Å². The van der Waals surface area contributed by atoms with Crippen LogP contribution in [-0.2, 0) is 16.0 Å². The maximum absolute atomic E-state index is 11.5. The highest BCUT2D eigenvalue weighted by atomic mass is 16.7. The lowest BCUT2D eigenvalue weighted by Gasteiger charge is -2.15. The van der Waals surface area contributed by atoms with Gasteiger partial charge in [0.05, 0.1) is 13.2 Å². The van der Waals surface area contributed by atoms with Crippen LogP contribution >= 0.6 is 0 Å². The molecule has 0 unspecified atom stereocenters. The minimum atomic E-state index is -0.624. The van der Waals surface area contributed by atoms with Crippen molar-refractivity contribution in [2.75, 3.05) is 13.9 Å². The van der Waals surface area contributed by atoms with E-state index in [1.165, 1.54) is 14.0 Å². The Morgan fingerprint density at radius 1 is 1.37 bits per heavy atom. The number of nitrogens with one attached hydrogen (secondary N) is 1. The van der Waals surface area contributed by atoms with Gasteiger partial charge in [-0.1, -0.05) is 6.07 Å². The molecule has 0 fully saturated rings. The number of benzene rings is 1. The number of rotatable bonds is 4. The van der Waals surface area contributed by atoms with Gasteiger partial charge in [0.15, 0.2) is 17.3 Å². The van der Waals surface area contributed by atoms with Gasteiger partial charge in [-0.25, -0.2) is 4.79 Å². The van der Waals surface area contributed by atoms with Gasteiger partial charge < -0.3 is 19.5 Å². The highest BCUT2D eigenvalue weighted by Crippen LogP contribution is 2.32. The van der Waals surface area contributed by atoms with Gasteiger partial charge in [0.1, 0.15) is 0 Å². The minimum absolute atomic E-state index is 0.136. The average molecular weight is 265 g/mol. The van der Waals surface area contributed by atoms with Crippen molar-refractivity contribution in [1.82, 2.24) is 5.32 Å². The van der Waals surface area contributed by atoms with Crippen LogP contribution in [-0.4, -0.2) is 31.8 Å². The summed E-state index contributed by atoms with van der Waals surface area (Å²) >= 11 is 0. The summed E-state index contributed by atoms with van der Waals surface area (Å²) in [5, 5.41) is 2.50. The first-order valence-corrected chi connectivity index (χ1v) is 5.83. The van der Waals surface area contributed by atoms with Crippen molar-refractivity contribution in [3.63, 3.8) is 0 Å². The Bertz CT molecular complexity index is 500. The van der Waals surface area contributed by atoms with E-state index in [9.17, 15) is 9.59 Å². The van der Waals surface area contributed by atoms with E-state index in [2.05, 4.69) is 10.1 Å². The number of Topliss-reactive ketones (excluding diaryl/α,β-unsaturated/α-hetero) is 1. The second-order valence-electron chi connectivity index (χ2n) is 4.19. The number of fused-ring (bicyclic) bond motifs is 1. The van der Waals surface area contributed by atoms with E-state index < -0.39 is 12.1 Å². The minimum Gasteiger partial charge on any atom is -0.454 e. The number of carbonyl (C=O) groups excluding carboxylic acids is 2. The average Bonchev–Trinajstić information content (AvgIpc) is 2.85. The number of hydrogen-bond donors (Lipinski definition) is 1. The predicted octanol–water partition coefficient (Wildman–Crippen LogP) is 1.27. The topological polar surface area (TPSA) is 73.9 Å². The molecule has 19 heavy (non-hydrogen) atoms. The van der Waals surface area contributed by atoms with Gasteiger partial charge in [0, 0.05) is 0 Å². The molecule has 0 radical (unpaired) electrons. The van der Waals surface area contributed by atoms with Gasteiger partial charge in [-0.3, -0.25) is 4.79 Å². The molecule has 0 aromatic heterocycles. The number of ether oxygens (including phenoxy) is 3. The molecule has 1 N–H and O–H groups in total. The van der Waals surface area contributed by atoms with Crippen molar-refractivity contribution < 1.29 is 23.8 Å². The van der Waals surface area contributed by atoms with Gasteiger partial charge in [0.25, 0.3) is 0 Å².